The molecule has 8 nitrogen and oxygen atoms in total. The van der Waals surface area contributed by atoms with Crippen molar-refractivity contribution in [3.63, 3.8) is 0 Å². The molecule has 138 valence electrons. The minimum absolute atomic E-state index is 0.0263. The highest BCUT2D eigenvalue weighted by Gasteiger charge is 2.25. The van der Waals surface area contributed by atoms with Crippen molar-refractivity contribution < 1.29 is 17.7 Å². The van der Waals surface area contributed by atoms with Crippen LogP contribution in [0.4, 0.5) is 15.9 Å². The van der Waals surface area contributed by atoms with Crippen molar-refractivity contribution in [2.45, 2.75) is 23.8 Å². The molecule has 1 N–H and O–H groups in total. The summed E-state index contributed by atoms with van der Waals surface area (Å²) in [5, 5.41) is 10.7. The molecule has 0 aliphatic carbocycles. The SMILES string of the molecule is O=[N+]([O-])c1ccc(N2CCC(NS(=O)(=O)c3ccc(F)cc3)CC2)nc1. The number of halogens is 1. The second-order valence-corrected chi connectivity index (χ2v) is 7.68. The Morgan fingerprint density at radius 3 is 2.35 bits per heavy atom. The van der Waals surface area contributed by atoms with Crippen LogP contribution in [0.5, 0.6) is 0 Å². The van der Waals surface area contributed by atoms with Crippen molar-refractivity contribution in [2.75, 3.05) is 18.0 Å². The van der Waals surface area contributed by atoms with Crippen molar-refractivity contribution in [3.05, 3.63) is 58.5 Å². The third-order valence-electron chi connectivity index (χ3n) is 4.21. The predicted molar refractivity (Wildman–Crippen MR) is 92.8 cm³/mol. The van der Waals surface area contributed by atoms with Crippen LogP contribution in [0.25, 0.3) is 0 Å². The Hall–Kier alpha value is -2.59. The topological polar surface area (TPSA) is 105 Å². The summed E-state index contributed by atoms with van der Waals surface area (Å²) in [6.07, 6.45) is 2.34. The average Bonchev–Trinajstić information content (AvgIpc) is 2.62. The second kappa shape index (κ2) is 7.34. The second-order valence-electron chi connectivity index (χ2n) is 5.97. The first kappa shape index (κ1) is 18.2. The summed E-state index contributed by atoms with van der Waals surface area (Å²) in [5.41, 5.74) is -0.0734. The van der Waals surface area contributed by atoms with Crippen molar-refractivity contribution >= 4 is 21.5 Å². The van der Waals surface area contributed by atoms with Gasteiger partial charge in [0.1, 0.15) is 17.8 Å². The summed E-state index contributed by atoms with van der Waals surface area (Å²) < 4.78 is 40.3. The molecule has 1 aliphatic rings. The molecule has 1 saturated heterocycles. The third-order valence-corrected chi connectivity index (χ3v) is 5.74. The smallest absolute Gasteiger partial charge is 0.287 e. The van der Waals surface area contributed by atoms with Gasteiger partial charge in [-0.15, -0.1) is 0 Å². The van der Waals surface area contributed by atoms with E-state index in [1.807, 2.05) is 4.90 Å². The number of benzene rings is 1. The number of rotatable bonds is 5. The molecule has 3 rings (SSSR count). The summed E-state index contributed by atoms with van der Waals surface area (Å²) in [5.74, 6) is 0.128. The number of pyridine rings is 1. The van der Waals surface area contributed by atoms with E-state index in [2.05, 4.69) is 9.71 Å². The molecule has 0 unspecified atom stereocenters. The molecule has 0 atom stereocenters. The Morgan fingerprint density at radius 1 is 1.15 bits per heavy atom. The lowest BCUT2D eigenvalue weighted by atomic mass is 10.1. The van der Waals surface area contributed by atoms with Crippen LogP contribution in [0, 0.1) is 15.9 Å². The van der Waals surface area contributed by atoms with Gasteiger partial charge in [-0.05, 0) is 43.2 Å². The predicted octanol–water partition coefficient (Wildman–Crippen LogP) is 2.08. The largest absolute Gasteiger partial charge is 0.356 e. The van der Waals surface area contributed by atoms with Crippen molar-refractivity contribution in [1.82, 2.24) is 9.71 Å². The van der Waals surface area contributed by atoms with Gasteiger partial charge in [0.25, 0.3) is 5.69 Å². The Balaban J connectivity index is 1.59. The number of nitro groups is 1. The zero-order chi connectivity index (χ0) is 18.7. The molecular weight excluding hydrogens is 363 g/mol. The highest BCUT2D eigenvalue weighted by atomic mass is 32.2. The lowest BCUT2D eigenvalue weighted by molar-refractivity contribution is -0.385. The van der Waals surface area contributed by atoms with Gasteiger partial charge in [0.2, 0.25) is 10.0 Å². The minimum atomic E-state index is -3.70. The normalized spacial score (nSPS) is 15.8. The standard InChI is InChI=1S/C16H17FN4O4S/c17-12-1-4-15(5-2-12)26(24,25)19-13-7-9-20(10-8-13)16-6-3-14(11-18-16)21(22)23/h1-6,11,13,19H,7-10H2. The molecule has 2 aromatic rings. The van der Waals surface area contributed by atoms with Crippen LogP contribution in [-0.4, -0.2) is 37.5 Å². The highest BCUT2D eigenvalue weighted by molar-refractivity contribution is 7.89. The first-order valence-electron chi connectivity index (χ1n) is 7.98. The quantitative estimate of drug-likeness (QED) is 0.629. The Morgan fingerprint density at radius 2 is 1.81 bits per heavy atom. The number of nitrogens with zero attached hydrogens (tertiary/aromatic N) is 3. The van der Waals surface area contributed by atoms with E-state index >= 15 is 0 Å². The summed E-state index contributed by atoms with van der Waals surface area (Å²) >= 11 is 0. The van der Waals surface area contributed by atoms with E-state index in [9.17, 15) is 22.9 Å². The molecule has 1 aromatic heterocycles. The number of nitrogens with one attached hydrogen (secondary N) is 1. The molecular formula is C16H17FN4O4S. The van der Waals surface area contributed by atoms with Crippen LogP contribution in [0.3, 0.4) is 0 Å². The fourth-order valence-corrected chi connectivity index (χ4v) is 4.11. The third kappa shape index (κ3) is 4.14. The van der Waals surface area contributed by atoms with Crippen LogP contribution < -0.4 is 9.62 Å². The molecule has 10 heteroatoms. The monoisotopic (exact) mass is 380 g/mol. The molecule has 1 fully saturated rings. The summed E-state index contributed by atoms with van der Waals surface area (Å²) in [4.78, 5) is 16.2. The number of piperidine rings is 1. The van der Waals surface area contributed by atoms with Crippen LogP contribution in [0.15, 0.2) is 47.5 Å². The maximum atomic E-state index is 12.9. The maximum Gasteiger partial charge on any atom is 0.287 e. The van der Waals surface area contributed by atoms with Gasteiger partial charge in [-0.2, -0.15) is 0 Å². The van der Waals surface area contributed by atoms with Crippen LogP contribution in [0.2, 0.25) is 0 Å². The van der Waals surface area contributed by atoms with Gasteiger partial charge in [0.15, 0.2) is 0 Å². The number of aromatic nitrogens is 1. The number of hydrogen-bond acceptors (Lipinski definition) is 6. The molecule has 0 bridgehead atoms. The van der Waals surface area contributed by atoms with Gasteiger partial charge in [0.05, 0.1) is 9.82 Å². The Kier molecular flexibility index (Phi) is 5.14. The molecule has 0 spiro atoms. The zero-order valence-electron chi connectivity index (χ0n) is 13.7. The first-order valence-corrected chi connectivity index (χ1v) is 9.47. The van der Waals surface area contributed by atoms with Crippen molar-refractivity contribution in [2.24, 2.45) is 0 Å². The Bertz CT molecular complexity index is 879. The van der Waals surface area contributed by atoms with E-state index < -0.39 is 20.8 Å². The van der Waals surface area contributed by atoms with Gasteiger partial charge in [0, 0.05) is 25.2 Å². The van der Waals surface area contributed by atoms with Crippen LogP contribution in [0.1, 0.15) is 12.8 Å². The number of sulfonamides is 1. The molecule has 2 heterocycles. The summed E-state index contributed by atoms with van der Waals surface area (Å²) in [6.45, 7) is 1.14. The lowest BCUT2D eigenvalue weighted by Crippen LogP contribution is -2.44. The first-order chi connectivity index (χ1) is 12.3. The summed E-state index contributed by atoms with van der Waals surface area (Å²) in [6, 6.07) is 7.42. The van der Waals surface area contributed by atoms with Gasteiger partial charge in [-0.1, -0.05) is 0 Å². The zero-order valence-corrected chi connectivity index (χ0v) is 14.5. The van der Waals surface area contributed by atoms with E-state index in [0.29, 0.717) is 31.7 Å². The lowest BCUT2D eigenvalue weighted by Gasteiger charge is -2.32. The van der Waals surface area contributed by atoms with Crippen LogP contribution >= 0.6 is 0 Å². The fraction of sp³-hybridized carbons (Fsp3) is 0.312. The van der Waals surface area contributed by atoms with Gasteiger partial charge in [-0.3, -0.25) is 10.1 Å². The highest BCUT2D eigenvalue weighted by Crippen LogP contribution is 2.21. The van der Waals surface area contributed by atoms with E-state index in [0.717, 1.165) is 12.1 Å². The van der Waals surface area contributed by atoms with Crippen molar-refractivity contribution in [1.29, 1.82) is 0 Å². The Labute approximate surface area is 149 Å². The van der Waals surface area contributed by atoms with Gasteiger partial charge >= 0.3 is 0 Å². The maximum absolute atomic E-state index is 12.9. The molecule has 1 aliphatic heterocycles. The fourth-order valence-electron chi connectivity index (χ4n) is 2.80. The molecule has 0 radical (unpaired) electrons. The average molecular weight is 380 g/mol. The molecule has 1 aromatic carbocycles. The van der Waals surface area contributed by atoms with E-state index in [1.54, 1.807) is 6.07 Å². The van der Waals surface area contributed by atoms with Gasteiger partial charge < -0.3 is 4.90 Å². The molecule has 0 saturated carbocycles. The van der Waals surface area contributed by atoms with E-state index in [1.165, 1.54) is 24.4 Å². The van der Waals surface area contributed by atoms with Crippen molar-refractivity contribution in [3.8, 4) is 0 Å². The van der Waals surface area contributed by atoms with Gasteiger partial charge in [-0.25, -0.2) is 22.5 Å². The molecule has 26 heavy (non-hydrogen) atoms. The van der Waals surface area contributed by atoms with Crippen LogP contribution in [-0.2, 0) is 10.0 Å². The van der Waals surface area contributed by atoms with E-state index in [-0.39, 0.29) is 16.6 Å². The molecule has 0 amide bonds. The number of hydrogen-bond donors (Lipinski definition) is 1. The minimum Gasteiger partial charge on any atom is -0.356 e. The summed E-state index contributed by atoms with van der Waals surface area (Å²) in [7, 11) is -3.70. The number of anilines is 1. The van der Waals surface area contributed by atoms with E-state index in [4.69, 9.17) is 0 Å².